The van der Waals surface area contributed by atoms with E-state index < -0.39 is 6.10 Å². The molecule has 0 amide bonds. The minimum atomic E-state index is -0.532. The molecule has 1 atom stereocenters. The molecular weight excluding hydrogens is 214 g/mol. The predicted molar refractivity (Wildman–Crippen MR) is 57.7 cm³/mol. The second-order valence-electron chi connectivity index (χ2n) is 3.03. The van der Waals surface area contributed by atoms with Crippen LogP contribution in [0.4, 0.5) is 0 Å². The number of nitriles is 1. The highest BCUT2D eigenvalue weighted by atomic mass is 35.5. The van der Waals surface area contributed by atoms with Gasteiger partial charge in [-0.2, -0.15) is 5.26 Å². The van der Waals surface area contributed by atoms with E-state index in [0.717, 1.165) is 0 Å². The smallest absolute Gasteiger partial charge is 0.184 e. The number of para-hydroxylation sites is 1. The van der Waals surface area contributed by atoms with E-state index in [0.29, 0.717) is 22.8 Å². The number of aliphatic hydroxyl groups is 1. The number of benzene rings is 1. The van der Waals surface area contributed by atoms with E-state index in [1.807, 2.05) is 13.0 Å². The van der Waals surface area contributed by atoms with Crippen molar-refractivity contribution in [2.45, 2.75) is 26.1 Å². The fraction of sp³-hybridized carbons (Fsp3) is 0.364. The Morgan fingerprint density at radius 1 is 1.60 bits per heavy atom. The number of nitrogens with zero attached hydrogens (tertiary/aromatic N) is 1. The molecule has 0 aromatic heterocycles. The molecule has 4 heteroatoms. The second kappa shape index (κ2) is 5.59. The third-order valence-corrected chi connectivity index (χ3v) is 2.29. The Balaban J connectivity index is 2.97. The largest absolute Gasteiger partial charge is 0.474 e. The maximum atomic E-state index is 9.08. The Labute approximate surface area is 93.9 Å². The molecule has 0 aliphatic rings. The van der Waals surface area contributed by atoms with Gasteiger partial charge in [0, 0.05) is 5.56 Å². The summed E-state index contributed by atoms with van der Waals surface area (Å²) >= 11 is 5.92. The zero-order valence-electron chi connectivity index (χ0n) is 8.40. The summed E-state index contributed by atoms with van der Waals surface area (Å²) in [6.07, 6.45) is 0.0438. The molecule has 0 heterocycles. The lowest BCUT2D eigenvalue weighted by Gasteiger charge is -2.14. The van der Waals surface area contributed by atoms with Crippen LogP contribution >= 0.6 is 11.6 Å². The van der Waals surface area contributed by atoms with Crippen molar-refractivity contribution in [3.8, 4) is 11.8 Å². The maximum Gasteiger partial charge on any atom is 0.184 e. The number of halogens is 1. The Kier molecular flexibility index (Phi) is 4.41. The van der Waals surface area contributed by atoms with E-state index in [1.165, 1.54) is 0 Å². The molecule has 1 aromatic rings. The van der Waals surface area contributed by atoms with Gasteiger partial charge in [0.15, 0.2) is 6.10 Å². The summed E-state index contributed by atoms with van der Waals surface area (Å²) in [4.78, 5) is 0. The SMILES string of the molecule is CCC(C#N)Oc1c(Cl)cccc1CO. The Morgan fingerprint density at radius 3 is 2.87 bits per heavy atom. The molecule has 0 spiro atoms. The Bertz CT molecular complexity index is 373. The van der Waals surface area contributed by atoms with Crippen LogP contribution in [-0.4, -0.2) is 11.2 Å². The minimum absolute atomic E-state index is 0.155. The predicted octanol–water partition coefficient (Wildman–Crippen LogP) is 2.51. The van der Waals surface area contributed by atoms with Gasteiger partial charge in [0.05, 0.1) is 11.6 Å². The third-order valence-electron chi connectivity index (χ3n) is 1.99. The normalized spacial score (nSPS) is 11.9. The number of ether oxygens (including phenoxy) is 1. The van der Waals surface area contributed by atoms with Crippen molar-refractivity contribution in [2.24, 2.45) is 0 Å². The summed E-state index contributed by atoms with van der Waals surface area (Å²) in [5.41, 5.74) is 0.594. The molecule has 1 N–H and O–H groups in total. The fourth-order valence-corrected chi connectivity index (χ4v) is 1.39. The lowest BCUT2D eigenvalue weighted by molar-refractivity contribution is 0.233. The van der Waals surface area contributed by atoms with Crippen molar-refractivity contribution in [1.29, 1.82) is 5.26 Å². The molecule has 0 saturated carbocycles. The number of hydrogen-bond acceptors (Lipinski definition) is 3. The molecule has 15 heavy (non-hydrogen) atoms. The van der Waals surface area contributed by atoms with Crippen LogP contribution < -0.4 is 4.74 Å². The van der Waals surface area contributed by atoms with E-state index in [9.17, 15) is 0 Å². The van der Waals surface area contributed by atoms with E-state index in [-0.39, 0.29) is 6.61 Å². The topological polar surface area (TPSA) is 53.2 Å². The first-order valence-electron chi connectivity index (χ1n) is 4.67. The van der Waals surface area contributed by atoms with Crippen molar-refractivity contribution in [3.05, 3.63) is 28.8 Å². The van der Waals surface area contributed by atoms with Crippen LogP contribution in [0.15, 0.2) is 18.2 Å². The summed E-state index contributed by atoms with van der Waals surface area (Å²) in [6.45, 7) is 1.70. The van der Waals surface area contributed by atoms with Gasteiger partial charge in [-0.3, -0.25) is 0 Å². The fourth-order valence-electron chi connectivity index (χ4n) is 1.15. The Hall–Kier alpha value is -1.24. The first-order chi connectivity index (χ1) is 7.22. The molecule has 1 aromatic carbocycles. The van der Waals surface area contributed by atoms with Crippen LogP contribution in [-0.2, 0) is 6.61 Å². The van der Waals surface area contributed by atoms with Crippen molar-refractivity contribution < 1.29 is 9.84 Å². The average Bonchev–Trinajstić information content (AvgIpc) is 2.27. The van der Waals surface area contributed by atoms with Crippen LogP contribution in [0.25, 0.3) is 0 Å². The zero-order chi connectivity index (χ0) is 11.3. The van der Waals surface area contributed by atoms with Crippen molar-refractivity contribution in [2.75, 3.05) is 0 Å². The van der Waals surface area contributed by atoms with Crippen LogP contribution in [0.1, 0.15) is 18.9 Å². The summed E-state index contributed by atoms with van der Waals surface area (Å²) in [5.74, 6) is 0.398. The zero-order valence-corrected chi connectivity index (χ0v) is 9.16. The van der Waals surface area contributed by atoms with E-state index >= 15 is 0 Å². The average molecular weight is 226 g/mol. The summed E-state index contributed by atoms with van der Waals surface area (Å²) in [6, 6.07) is 7.13. The van der Waals surface area contributed by atoms with Crippen molar-refractivity contribution >= 4 is 11.6 Å². The highest BCUT2D eigenvalue weighted by Gasteiger charge is 2.12. The lowest BCUT2D eigenvalue weighted by Crippen LogP contribution is -2.13. The van der Waals surface area contributed by atoms with Crippen LogP contribution in [0, 0.1) is 11.3 Å². The van der Waals surface area contributed by atoms with Crippen molar-refractivity contribution in [3.63, 3.8) is 0 Å². The van der Waals surface area contributed by atoms with Crippen LogP contribution in [0.5, 0.6) is 5.75 Å². The standard InChI is InChI=1S/C11H12ClNO2/c1-2-9(6-13)15-11-8(7-14)4-3-5-10(11)12/h3-5,9,14H,2,7H2,1H3. The molecule has 80 valence electrons. The summed E-state index contributed by atoms with van der Waals surface area (Å²) < 4.78 is 5.41. The van der Waals surface area contributed by atoms with Gasteiger partial charge in [-0.1, -0.05) is 30.7 Å². The van der Waals surface area contributed by atoms with Gasteiger partial charge in [0.25, 0.3) is 0 Å². The van der Waals surface area contributed by atoms with E-state index in [4.69, 9.17) is 26.7 Å². The highest BCUT2D eigenvalue weighted by Crippen LogP contribution is 2.29. The van der Waals surface area contributed by atoms with Gasteiger partial charge in [-0.25, -0.2) is 0 Å². The van der Waals surface area contributed by atoms with Gasteiger partial charge in [0.1, 0.15) is 11.8 Å². The van der Waals surface area contributed by atoms with E-state index in [2.05, 4.69) is 0 Å². The van der Waals surface area contributed by atoms with Gasteiger partial charge in [0.2, 0.25) is 0 Å². The molecule has 0 bridgehead atoms. The van der Waals surface area contributed by atoms with Gasteiger partial charge in [-0.15, -0.1) is 0 Å². The van der Waals surface area contributed by atoms with Gasteiger partial charge >= 0.3 is 0 Å². The monoisotopic (exact) mass is 225 g/mol. The minimum Gasteiger partial charge on any atom is -0.474 e. The summed E-state index contributed by atoms with van der Waals surface area (Å²) in [5, 5.41) is 18.3. The highest BCUT2D eigenvalue weighted by molar-refractivity contribution is 6.32. The first-order valence-corrected chi connectivity index (χ1v) is 5.05. The van der Waals surface area contributed by atoms with Gasteiger partial charge in [-0.05, 0) is 12.5 Å². The molecule has 0 aliphatic heterocycles. The molecule has 0 fully saturated rings. The van der Waals surface area contributed by atoms with Crippen LogP contribution in [0.2, 0.25) is 5.02 Å². The summed E-state index contributed by atoms with van der Waals surface area (Å²) in [7, 11) is 0. The molecule has 1 rings (SSSR count). The quantitative estimate of drug-likeness (QED) is 0.857. The first kappa shape index (κ1) is 11.8. The van der Waals surface area contributed by atoms with Crippen LogP contribution in [0.3, 0.4) is 0 Å². The third kappa shape index (κ3) is 2.85. The van der Waals surface area contributed by atoms with E-state index in [1.54, 1.807) is 18.2 Å². The number of aliphatic hydroxyl groups excluding tert-OH is 1. The lowest BCUT2D eigenvalue weighted by atomic mass is 10.2. The molecule has 3 nitrogen and oxygen atoms in total. The van der Waals surface area contributed by atoms with Gasteiger partial charge < -0.3 is 9.84 Å². The molecule has 0 saturated heterocycles. The number of rotatable bonds is 4. The number of hydrogen-bond donors (Lipinski definition) is 1. The Morgan fingerprint density at radius 2 is 2.33 bits per heavy atom. The molecule has 0 aliphatic carbocycles. The second-order valence-corrected chi connectivity index (χ2v) is 3.44. The molecule has 0 radical (unpaired) electrons. The maximum absolute atomic E-state index is 9.08. The van der Waals surface area contributed by atoms with Crippen molar-refractivity contribution in [1.82, 2.24) is 0 Å². The molecular formula is C11H12ClNO2. The molecule has 1 unspecified atom stereocenters.